The second kappa shape index (κ2) is 6.31. The number of aromatic nitrogens is 2. The molecule has 140 valence electrons. The average molecular weight is 378 g/mol. The summed E-state index contributed by atoms with van der Waals surface area (Å²) in [5.41, 5.74) is 2.21. The monoisotopic (exact) mass is 378 g/mol. The van der Waals surface area contributed by atoms with Gasteiger partial charge in [-0.2, -0.15) is 4.31 Å². The molecule has 0 unspecified atom stereocenters. The highest BCUT2D eigenvalue weighted by molar-refractivity contribution is 7.89. The Morgan fingerprint density at radius 3 is 2.62 bits per heavy atom. The number of piperidine rings is 1. The van der Waals surface area contributed by atoms with Crippen molar-refractivity contribution in [2.45, 2.75) is 50.5 Å². The van der Waals surface area contributed by atoms with Crippen LogP contribution in [0.25, 0.3) is 11.0 Å². The zero-order valence-electron chi connectivity index (χ0n) is 14.9. The molecule has 26 heavy (non-hydrogen) atoms. The summed E-state index contributed by atoms with van der Waals surface area (Å²) in [5.74, 6) is 0.129. The summed E-state index contributed by atoms with van der Waals surface area (Å²) in [7, 11) is -3.75. The molecule has 2 saturated heterocycles. The molecule has 4 rings (SSSR count). The molecule has 1 atom stereocenters. The number of fused-ring (bicyclic) bond motifs is 1. The number of likely N-dealkylation sites (tertiary alicyclic amines) is 1. The predicted octanol–water partition coefficient (Wildman–Crippen LogP) is 1.62. The van der Waals surface area contributed by atoms with Gasteiger partial charge in [0, 0.05) is 32.1 Å². The van der Waals surface area contributed by atoms with E-state index in [0.29, 0.717) is 30.6 Å². The van der Waals surface area contributed by atoms with Gasteiger partial charge in [-0.25, -0.2) is 13.0 Å². The number of nitrogens with zero attached hydrogens (tertiary/aromatic N) is 4. The van der Waals surface area contributed by atoms with Crippen molar-refractivity contribution in [3.05, 3.63) is 17.2 Å². The predicted molar refractivity (Wildman–Crippen MR) is 94.0 cm³/mol. The van der Waals surface area contributed by atoms with Gasteiger partial charge in [0.05, 0.1) is 0 Å². The number of aryl methyl sites for hydroxylation is 2. The molecule has 0 aliphatic carbocycles. The number of carbonyl (C=O) groups excluding carboxylic acids is 1. The highest BCUT2D eigenvalue weighted by Gasteiger charge is 2.37. The summed E-state index contributed by atoms with van der Waals surface area (Å²) in [5, 5.41) is 7.70. The van der Waals surface area contributed by atoms with Gasteiger partial charge in [-0.15, -0.1) is 0 Å². The molecule has 1 amide bonds. The summed E-state index contributed by atoms with van der Waals surface area (Å²) in [6, 6.07) is 1.75. The van der Waals surface area contributed by atoms with Crippen LogP contribution in [0.2, 0.25) is 0 Å². The van der Waals surface area contributed by atoms with Gasteiger partial charge in [0.25, 0.3) is 0 Å². The minimum Gasteiger partial charge on any atom is -0.338 e. The number of benzene rings is 1. The first kappa shape index (κ1) is 17.4. The van der Waals surface area contributed by atoms with E-state index in [0.717, 1.165) is 31.4 Å². The van der Waals surface area contributed by atoms with E-state index in [4.69, 9.17) is 4.63 Å². The minimum absolute atomic E-state index is 0.0507. The van der Waals surface area contributed by atoms with Crippen molar-refractivity contribution in [3.8, 4) is 0 Å². The van der Waals surface area contributed by atoms with Crippen molar-refractivity contribution in [1.82, 2.24) is 19.5 Å². The molecule has 3 heterocycles. The zero-order valence-corrected chi connectivity index (χ0v) is 15.8. The Morgan fingerprint density at radius 1 is 1.12 bits per heavy atom. The van der Waals surface area contributed by atoms with Crippen LogP contribution in [0.3, 0.4) is 0 Å². The van der Waals surface area contributed by atoms with Crippen LogP contribution < -0.4 is 0 Å². The number of carbonyl (C=O) groups is 1. The molecule has 2 aliphatic rings. The maximum Gasteiger partial charge on any atom is 0.245 e. The molecule has 9 heteroatoms. The highest BCUT2D eigenvalue weighted by atomic mass is 32.2. The first-order chi connectivity index (χ1) is 12.4. The number of amides is 1. The lowest BCUT2D eigenvalue weighted by Gasteiger charge is -2.37. The quantitative estimate of drug-likeness (QED) is 0.805. The first-order valence-corrected chi connectivity index (χ1v) is 10.4. The van der Waals surface area contributed by atoms with E-state index >= 15 is 0 Å². The van der Waals surface area contributed by atoms with Gasteiger partial charge in [-0.1, -0.05) is 6.07 Å². The van der Waals surface area contributed by atoms with Crippen LogP contribution in [0.4, 0.5) is 0 Å². The summed E-state index contributed by atoms with van der Waals surface area (Å²) in [6.07, 6.45) is 2.99. The van der Waals surface area contributed by atoms with Crippen molar-refractivity contribution < 1.29 is 17.8 Å². The van der Waals surface area contributed by atoms with E-state index in [1.165, 1.54) is 4.31 Å². The summed E-state index contributed by atoms with van der Waals surface area (Å²) in [6.45, 7) is 5.11. The van der Waals surface area contributed by atoms with E-state index in [2.05, 4.69) is 10.3 Å². The molecular weight excluding hydrogens is 356 g/mol. The molecule has 2 aliphatic heterocycles. The lowest BCUT2D eigenvalue weighted by molar-refractivity contribution is -0.130. The van der Waals surface area contributed by atoms with E-state index in [1.54, 1.807) is 13.0 Å². The van der Waals surface area contributed by atoms with Crippen LogP contribution in [0.15, 0.2) is 15.6 Å². The van der Waals surface area contributed by atoms with Gasteiger partial charge >= 0.3 is 0 Å². The number of rotatable bonds is 3. The molecular formula is C17H22N4O4S. The molecule has 0 saturated carbocycles. The number of hydrogen-bond donors (Lipinski definition) is 0. The fourth-order valence-corrected chi connectivity index (χ4v) is 5.99. The smallest absolute Gasteiger partial charge is 0.245 e. The molecule has 2 fully saturated rings. The SMILES string of the molecule is Cc1cc(C)c2nonc2c1S(=O)(=O)N1CCC[C@H](N2CCCC2=O)C1. The highest BCUT2D eigenvalue weighted by Crippen LogP contribution is 2.32. The van der Waals surface area contributed by atoms with Crippen molar-refractivity contribution >= 4 is 27.0 Å². The Balaban J connectivity index is 1.71. The van der Waals surface area contributed by atoms with E-state index in [9.17, 15) is 13.2 Å². The van der Waals surface area contributed by atoms with Gasteiger partial charge < -0.3 is 4.90 Å². The molecule has 8 nitrogen and oxygen atoms in total. The fourth-order valence-electron chi connectivity index (χ4n) is 4.15. The van der Waals surface area contributed by atoms with Crippen LogP contribution in [0.5, 0.6) is 0 Å². The summed E-state index contributed by atoms with van der Waals surface area (Å²) in [4.78, 5) is 14.1. The minimum atomic E-state index is -3.75. The van der Waals surface area contributed by atoms with E-state index in [1.807, 2.05) is 11.8 Å². The Hall–Kier alpha value is -2.00. The Kier molecular flexibility index (Phi) is 4.23. The lowest BCUT2D eigenvalue weighted by Crippen LogP contribution is -2.50. The van der Waals surface area contributed by atoms with Gasteiger partial charge in [0.1, 0.15) is 10.4 Å². The van der Waals surface area contributed by atoms with Gasteiger partial charge in [-0.3, -0.25) is 4.79 Å². The maximum atomic E-state index is 13.4. The molecule has 0 N–H and O–H groups in total. The largest absolute Gasteiger partial charge is 0.338 e. The fraction of sp³-hybridized carbons (Fsp3) is 0.588. The van der Waals surface area contributed by atoms with Crippen LogP contribution in [-0.2, 0) is 14.8 Å². The van der Waals surface area contributed by atoms with Crippen molar-refractivity contribution in [3.63, 3.8) is 0 Å². The van der Waals surface area contributed by atoms with E-state index < -0.39 is 10.0 Å². The molecule has 0 spiro atoms. The second-order valence-corrected chi connectivity index (χ2v) is 9.03. The zero-order chi connectivity index (χ0) is 18.5. The standard InChI is InChI=1S/C17H22N4O4S/c1-11-9-12(2)17(16-15(11)18-25-19-16)26(23,24)20-7-3-5-13(10-20)21-8-4-6-14(21)22/h9,13H,3-8,10H2,1-2H3/t13-/m0/s1. The molecule has 1 aromatic heterocycles. The molecule has 2 aromatic rings. The average Bonchev–Trinajstić information content (AvgIpc) is 3.24. The summed E-state index contributed by atoms with van der Waals surface area (Å²) >= 11 is 0. The maximum absolute atomic E-state index is 13.4. The Labute approximate surface area is 152 Å². The van der Waals surface area contributed by atoms with Crippen molar-refractivity contribution in [2.24, 2.45) is 0 Å². The molecule has 0 radical (unpaired) electrons. The lowest BCUT2D eigenvalue weighted by atomic mass is 10.1. The van der Waals surface area contributed by atoms with Crippen molar-refractivity contribution in [1.29, 1.82) is 0 Å². The molecule has 0 bridgehead atoms. The van der Waals surface area contributed by atoms with Gasteiger partial charge in [-0.05, 0) is 54.6 Å². The van der Waals surface area contributed by atoms with E-state index in [-0.39, 0.29) is 22.4 Å². The first-order valence-electron chi connectivity index (χ1n) is 8.91. The van der Waals surface area contributed by atoms with Gasteiger partial charge in [0.2, 0.25) is 15.9 Å². The van der Waals surface area contributed by atoms with Crippen LogP contribution in [0.1, 0.15) is 36.8 Å². The Morgan fingerprint density at radius 2 is 1.88 bits per heavy atom. The number of hydrogen-bond acceptors (Lipinski definition) is 6. The van der Waals surface area contributed by atoms with Crippen LogP contribution in [-0.4, -0.2) is 59.5 Å². The number of sulfonamides is 1. The van der Waals surface area contributed by atoms with Crippen molar-refractivity contribution in [2.75, 3.05) is 19.6 Å². The third-order valence-electron chi connectivity index (χ3n) is 5.38. The summed E-state index contributed by atoms with van der Waals surface area (Å²) < 4.78 is 33.1. The van der Waals surface area contributed by atoms with Crippen LogP contribution in [0, 0.1) is 13.8 Å². The second-order valence-electron chi connectivity index (χ2n) is 7.15. The third-order valence-corrected chi connectivity index (χ3v) is 7.42. The van der Waals surface area contributed by atoms with Crippen LogP contribution >= 0.6 is 0 Å². The molecule has 1 aromatic carbocycles. The Bertz CT molecular complexity index is 969. The van der Waals surface area contributed by atoms with Gasteiger partial charge in [0.15, 0.2) is 5.52 Å². The normalized spacial score (nSPS) is 22.5. The topological polar surface area (TPSA) is 96.6 Å². The third kappa shape index (κ3) is 2.69.